The second-order valence-corrected chi connectivity index (χ2v) is 7.48. The molecule has 1 aromatic heterocycles. The van der Waals surface area contributed by atoms with Crippen molar-refractivity contribution in [3.05, 3.63) is 64.5 Å². The molecule has 0 atom stereocenters. The number of benzene rings is 2. The average Bonchev–Trinajstić information content (AvgIpc) is 2.79. The number of amides is 1. The molecule has 1 N–H and O–H groups in total. The summed E-state index contributed by atoms with van der Waals surface area (Å²) in [6.07, 6.45) is 1.74. The third-order valence-corrected chi connectivity index (χ3v) is 5.22. The quantitative estimate of drug-likeness (QED) is 0.586. The predicted molar refractivity (Wildman–Crippen MR) is 120 cm³/mol. The van der Waals surface area contributed by atoms with Crippen LogP contribution in [0, 0.1) is 0 Å². The fourth-order valence-electron chi connectivity index (χ4n) is 3.70. The van der Waals surface area contributed by atoms with Crippen molar-refractivity contribution in [2.45, 2.75) is 19.8 Å². The van der Waals surface area contributed by atoms with Crippen LogP contribution in [-0.4, -0.2) is 38.8 Å². The molecule has 4 rings (SSSR count). The SMILES string of the molecule is CCCc1cc(=O)oc2cc(OCC(=O)Nc3ccc(N4CCOCC4)cc3)ccc12. The number of carbonyl (C=O) groups excluding carboxylic acids is 1. The van der Waals surface area contributed by atoms with Gasteiger partial charge in [-0.3, -0.25) is 4.79 Å². The third kappa shape index (κ3) is 5.24. The van der Waals surface area contributed by atoms with E-state index in [1.807, 2.05) is 30.3 Å². The third-order valence-electron chi connectivity index (χ3n) is 5.22. The molecule has 1 aliphatic heterocycles. The number of morpholine rings is 1. The number of fused-ring (bicyclic) bond motifs is 1. The molecule has 0 spiro atoms. The largest absolute Gasteiger partial charge is 0.484 e. The lowest BCUT2D eigenvalue weighted by molar-refractivity contribution is -0.118. The van der Waals surface area contributed by atoms with Gasteiger partial charge in [-0.05, 0) is 48.4 Å². The zero-order valence-electron chi connectivity index (χ0n) is 17.6. The lowest BCUT2D eigenvalue weighted by Crippen LogP contribution is -2.36. The standard InChI is InChI=1S/C24H26N2O5/c1-2-3-17-14-24(28)31-22-15-20(8-9-21(17)22)30-16-23(27)25-18-4-6-19(7-5-18)26-10-12-29-13-11-26/h4-9,14-15H,2-3,10-13,16H2,1H3,(H,25,27). The van der Waals surface area contributed by atoms with Crippen LogP contribution in [0.2, 0.25) is 0 Å². The van der Waals surface area contributed by atoms with Gasteiger partial charge in [-0.1, -0.05) is 13.3 Å². The molecular formula is C24H26N2O5. The minimum absolute atomic E-state index is 0.143. The van der Waals surface area contributed by atoms with Gasteiger partial charge in [0.15, 0.2) is 6.61 Å². The number of nitrogens with zero attached hydrogens (tertiary/aromatic N) is 1. The maximum atomic E-state index is 12.3. The van der Waals surface area contributed by atoms with Crippen molar-refractivity contribution in [3.63, 3.8) is 0 Å². The van der Waals surface area contributed by atoms with Crippen LogP contribution in [0.1, 0.15) is 18.9 Å². The molecule has 7 heteroatoms. The molecule has 2 heterocycles. The molecule has 1 aliphatic rings. The van der Waals surface area contributed by atoms with Crippen LogP contribution in [0.15, 0.2) is 57.7 Å². The van der Waals surface area contributed by atoms with E-state index in [4.69, 9.17) is 13.9 Å². The van der Waals surface area contributed by atoms with Gasteiger partial charge in [0.25, 0.3) is 5.91 Å². The molecule has 31 heavy (non-hydrogen) atoms. The van der Waals surface area contributed by atoms with Gasteiger partial charge < -0.3 is 24.1 Å². The Balaban J connectivity index is 1.36. The van der Waals surface area contributed by atoms with Crippen molar-refractivity contribution in [3.8, 4) is 5.75 Å². The molecule has 1 fully saturated rings. The van der Waals surface area contributed by atoms with Crippen molar-refractivity contribution in [2.24, 2.45) is 0 Å². The Morgan fingerprint density at radius 2 is 1.87 bits per heavy atom. The molecule has 7 nitrogen and oxygen atoms in total. The van der Waals surface area contributed by atoms with Gasteiger partial charge in [0.2, 0.25) is 0 Å². The van der Waals surface area contributed by atoms with Crippen molar-refractivity contribution < 1.29 is 18.7 Å². The zero-order chi connectivity index (χ0) is 21.6. The summed E-state index contributed by atoms with van der Waals surface area (Å²) in [5.41, 5.74) is 2.86. The molecule has 1 saturated heterocycles. The fraction of sp³-hybridized carbons (Fsp3) is 0.333. The van der Waals surface area contributed by atoms with Crippen molar-refractivity contribution in [1.82, 2.24) is 0 Å². The maximum Gasteiger partial charge on any atom is 0.336 e. The van der Waals surface area contributed by atoms with E-state index in [2.05, 4.69) is 17.1 Å². The van der Waals surface area contributed by atoms with E-state index in [1.165, 1.54) is 6.07 Å². The number of hydrogen-bond acceptors (Lipinski definition) is 6. The highest BCUT2D eigenvalue weighted by Gasteiger charge is 2.12. The number of anilines is 2. The van der Waals surface area contributed by atoms with Crippen LogP contribution in [0.3, 0.4) is 0 Å². The second kappa shape index (κ2) is 9.66. The average molecular weight is 422 g/mol. The molecule has 0 unspecified atom stereocenters. The Morgan fingerprint density at radius 1 is 1.10 bits per heavy atom. The van der Waals surface area contributed by atoms with Crippen LogP contribution >= 0.6 is 0 Å². The molecule has 1 amide bonds. The van der Waals surface area contributed by atoms with E-state index in [1.54, 1.807) is 12.1 Å². The lowest BCUT2D eigenvalue weighted by atomic mass is 10.1. The summed E-state index contributed by atoms with van der Waals surface area (Å²) in [4.78, 5) is 26.3. The zero-order valence-corrected chi connectivity index (χ0v) is 17.6. The number of ether oxygens (including phenoxy) is 2. The van der Waals surface area contributed by atoms with Gasteiger partial charge >= 0.3 is 5.63 Å². The molecular weight excluding hydrogens is 396 g/mol. The van der Waals surface area contributed by atoms with Gasteiger partial charge in [0.05, 0.1) is 13.2 Å². The van der Waals surface area contributed by atoms with Gasteiger partial charge in [0, 0.05) is 42.0 Å². The second-order valence-electron chi connectivity index (χ2n) is 7.48. The van der Waals surface area contributed by atoms with Crippen molar-refractivity contribution >= 4 is 28.3 Å². The normalized spacial score (nSPS) is 13.9. The molecule has 0 bridgehead atoms. The summed E-state index contributed by atoms with van der Waals surface area (Å²) in [5, 5.41) is 3.72. The van der Waals surface area contributed by atoms with E-state index in [0.717, 1.165) is 55.8 Å². The smallest absolute Gasteiger partial charge is 0.336 e. The maximum absolute atomic E-state index is 12.3. The lowest BCUT2D eigenvalue weighted by Gasteiger charge is -2.28. The summed E-state index contributed by atoms with van der Waals surface area (Å²) in [7, 11) is 0. The van der Waals surface area contributed by atoms with Crippen LogP contribution in [0.4, 0.5) is 11.4 Å². The fourth-order valence-corrected chi connectivity index (χ4v) is 3.70. The first kappa shape index (κ1) is 20.9. The van der Waals surface area contributed by atoms with Crippen LogP contribution < -0.4 is 20.6 Å². The van der Waals surface area contributed by atoms with E-state index >= 15 is 0 Å². The number of rotatable bonds is 7. The highest BCUT2D eigenvalue weighted by atomic mass is 16.5. The number of aryl methyl sites for hydroxylation is 1. The predicted octanol–water partition coefficient (Wildman–Crippen LogP) is 3.60. The van der Waals surface area contributed by atoms with Gasteiger partial charge in [-0.25, -0.2) is 4.79 Å². The van der Waals surface area contributed by atoms with Crippen LogP contribution in [0.25, 0.3) is 11.0 Å². The molecule has 162 valence electrons. The first-order valence-electron chi connectivity index (χ1n) is 10.5. The van der Waals surface area contributed by atoms with E-state index < -0.39 is 0 Å². The monoisotopic (exact) mass is 422 g/mol. The first-order valence-corrected chi connectivity index (χ1v) is 10.5. The molecule has 0 radical (unpaired) electrons. The van der Waals surface area contributed by atoms with Crippen LogP contribution in [0.5, 0.6) is 5.75 Å². The summed E-state index contributed by atoms with van der Waals surface area (Å²) in [6, 6.07) is 14.6. The van der Waals surface area contributed by atoms with Gasteiger partial charge in [-0.15, -0.1) is 0 Å². The minimum atomic E-state index is -0.383. The van der Waals surface area contributed by atoms with E-state index in [0.29, 0.717) is 17.0 Å². The Kier molecular flexibility index (Phi) is 6.52. The van der Waals surface area contributed by atoms with Gasteiger partial charge in [-0.2, -0.15) is 0 Å². The van der Waals surface area contributed by atoms with Crippen molar-refractivity contribution in [1.29, 1.82) is 0 Å². The molecule has 0 saturated carbocycles. The molecule has 2 aromatic carbocycles. The number of carbonyl (C=O) groups is 1. The first-order chi connectivity index (χ1) is 15.1. The summed E-state index contributed by atoms with van der Waals surface area (Å²) >= 11 is 0. The van der Waals surface area contributed by atoms with Gasteiger partial charge in [0.1, 0.15) is 11.3 Å². The number of nitrogens with one attached hydrogen (secondary N) is 1. The number of hydrogen-bond donors (Lipinski definition) is 1. The van der Waals surface area contributed by atoms with Crippen molar-refractivity contribution in [2.75, 3.05) is 43.1 Å². The van der Waals surface area contributed by atoms with E-state index in [9.17, 15) is 9.59 Å². The summed E-state index contributed by atoms with van der Waals surface area (Å²) in [6.45, 7) is 5.11. The Labute approximate surface area is 180 Å². The Bertz CT molecular complexity index is 1100. The Hall–Kier alpha value is -3.32. The topological polar surface area (TPSA) is 81.0 Å². The van der Waals surface area contributed by atoms with E-state index in [-0.39, 0.29) is 18.1 Å². The summed E-state index contributed by atoms with van der Waals surface area (Å²) in [5.74, 6) is 0.211. The molecule has 0 aliphatic carbocycles. The van der Waals surface area contributed by atoms with Crippen LogP contribution in [-0.2, 0) is 16.0 Å². The highest BCUT2D eigenvalue weighted by molar-refractivity contribution is 5.92. The summed E-state index contributed by atoms with van der Waals surface area (Å²) < 4.78 is 16.3. The molecule has 3 aromatic rings. The Morgan fingerprint density at radius 3 is 2.61 bits per heavy atom. The minimum Gasteiger partial charge on any atom is -0.484 e. The highest BCUT2D eigenvalue weighted by Crippen LogP contribution is 2.24.